The predicted molar refractivity (Wildman–Crippen MR) is 129 cm³/mol. The number of thioether (sulfide) groups is 1. The first-order chi connectivity index (χ1) is 15.6. The molecule has 5 nitrogen and oxygen atoms in total. The summed E-state index contributed by atoms with van der Waals surface area (Å²) in [5.41, 5.74) is 3.51. The van der Waals surface area contributed by atoms with E-state index in [-0.39, 0.29) is 17.2 Å². The van der Waals surface area contributed by atoms with E-state index in [1.165, 1.54) is 5.56 Å². The molecule has 3 aromatic rings. The average Bonchev–Trinajstić information content (AvgIpc) is 3.19. The number of nitrogens with zero attached hydrogens (tertiary/aromatic N) is 1. The second-order valence-corrected chi connectivity index (χ2v) is 8.59. The standard InChI is InChI=1S/C26H26N2O3S/c1-2-31-23-10-6-9-22(17-23)27-25(30)20-11-13-21(14-12-20)26-28(24(29)18-32-26)16-15-19-7-4-3-5-8-19/h3-14,17,26H,2,15-16,18H2,1H3,(H,27,30). The third-order valence-corrected chi connectivity index (χ3v) is 6.57. The van der Waals surface area contributed by atoms with Gasteiger partial charge in [-0.15, -0.1) is 11.8 Å². The van der Waals surface area contributed by atoms with Gasteiger partial charge in [0, 0.05) is 23.9 Å². The Balaban J connectivity index is 1.41. The molecule has 0 radical (unpaired) electrons. The number of hydrogen-bond donors (Lipinski definition) is 1. The number of hydrogen-bond acceptors (Lipinski definition) is 4. The van der Waals surface area contributed by atoms with Gasteiger partial charge in [0.05, 0.1) is 12.4 Å². The van der Waals surface area contributed by atoms with Crippen LogP contribution < -0.4 is 10.1 Å². The van der Waals surface area contributed by atoms with Gasteiger partial charge in [0.1, 0.15) is 11.1 Å². The van der Waals surface area contributed by atoms with Crippen molar-refractivity contribution in [2.24, 2.45) is 0 Å². The Morgan fingerprint density at radius 2 is 1.84 bits per heavy atom. The minimum atomic E-state index is -0.179. The number of carbonyl (C=O) groups is 2. The fourth-order valence-corrected chi connectivity index (χ4v) is 4.92. The number of nitrogens with one attached hydrogen (secondary N) is 1. The molecular weight excluding hydrogens is 420 g/mol. The van der Waals surface area contributed by atoms with Crippen molar-refractivity contribution in [3.63, 3.8) is 0 Å². The SMILES string of the molecule is CCOc1cccc(NC(=O)c2ccc(C3SCC(=O)N3CCc3ccccc3)cc2)c1. The Morgan fingerprint density at radius 3 is 2.59 bits per heavy atom. The summed E-state index contributed by atoms with van der Waals surface area (Å²) in [7, 11) is 0. The Kier molecular flexibility index (Phi) is 7.12. The van der Waals surface area contributed by atoms with E-state index in [0.29, 0.717) is 30.2 Å². The monoisotopic (exact) mass is 446 g/mol. The van der Waals surface area contributed by atoms with Gasteiger partial charge in [0.2, 0.25) is 5.91 Å². The highest BCUT2D eigenvalue weighted by atomic mass is 32.2. The largest absolute Gasteiger partial charge is 0.494 e. The number of ether oxygens (including phenoxy) is 1. The van der Waals surface area contributed by atoms with Gasteiger partial charge in [-0.1, -0.05) is 48.5 Å². The lowest BCUT2D eigenvalue weighted by atomic mass is 10.1. The lowest BCUT2D eigenvalue weighted by Gasteiger charge is -2.24. The molecule has 164 valence electrons. The number of amides is 2. The lowest BCUT2D eigenvalue weighted by Crippen LogP contribution is -2.30. The smallest absolute Gasteiger partial charge is 0.255 e. The topological polar surface area (TPSA) is 58.6 Å². The zero-order valence-corrected chi connectivity index (χ0v) is 18.8. The molecule has 1 atom stereocenters. The molecule has 6 heteroatoms. The highest BCUT2D eigenvalue weighted by molar-refractivity contribution is 8.00. The summed E-state index contributed by atoms with van der Waals surface area (Å²) in [6.07, 6.45) is 0.824. The number of carbonyl (C=O) groups excluding carboxylic acids is 2. The summed E-state index contributed by atoms with van der Waals surface area (Å²) >= 11 is 1.63. The molecule has 0 bridgehead atoms. The van der Waals surface area contributed by atoms with E-state index < -0.39 is 0 Å². The molecule has 1 fully saturated rings. The maximum atomic E-state index is 12.7. The average molecular weight is 447 g/mol. The molecule has 1 saturated heterocycles. The third kappa shape index (κ3) is 5.32. The number of rotatable bonds is 8. The van der Waals surface area contributed by atoms with E-state index in [9.17, 15) is 9.59 Å². The summed E-state index contributed by atoms with van der Waals surface area (Å²) in [5, 5.41) is 2.89. The summed E-state index contributed by atoms with van der Waals surface area (Å²) < 4.78 is 5.49. The summed E-state index contributed by atoms with van der Waals surface area (Å²) in [6.45, 7) is 3.17. The van der Waals surface area contributed by atoms with E-state index in [0.717, 1.165) is 17.7 Å². The molecule has 2 amide bonds. The Hall–Kier alpha value is -3.25. The molecule has 0 spiro atoms. The fourth-order valence-electron chi connectivity index (χ4n) is 3.70. The van der Waals surface area contributed by atoms with E-state index in [2.05, 4.69) is 17.4 Å². The van der Waals surface area contributed by atoms with Gasteiger partial charge in [0.15, 0.2) is 0 Å². The molecule has 1 N–H and O–H groups in total. The van der Waals surface area contributed by atoms with Crippen molar-refractivity contribution in [1.82, 2.24) is 4.90 Å². The first kappa shape index (κ1) is 22.0. The van der Waals surface area contributed by atoms with Crippen molar-refractivity contribution in [2.45, 2.75) is 18.7 Å². The van der Waals surface area contributed by atoms with Crippen LogP contribution >= 0.6 is 11.8 Å². The molecule has 1 unspecified atom stereocenters. The van der Waals surface area contributed by atoms with Gasteiger partial charge in [-0.25, -0.2) is 0 Å². The predicted octanol–water partition coefficient (Wildman–Crippen LogP) is 5.15. The van der Waals surface area contributed by atoms with Crippen LogP contribution in [0.4, 0.5) is 5.69 Å². The van der Waals surface area contributed by atoms with Crippen LogP contribution in [0.1, 0.15) is 33.8 Å². The van der Waals surface area contributed by atoms with E-state index in [1.54, 1.807) is 17.8 Å². The summed E-state index contributed by atoms with van der Waals surface area (Å²) in [4.78, 5) is 27.1. The van der Waals surface area contributed by atoms with Crippen LogP contribution in [0, 0.1) is 0 Å². The maximum Gasteiger partial charge on any atom is 0.255 e. The quantitative estimate of drug-likeness (QED) is 0.520. The Bertz CT molecular complexity index is 1070. The van der Waals surface area contributed by atoms with Crippen molar-refractivity contribution in [3.05, 3.63) is 95.6 Å². The Labute approximate surface area is 192 Å². The molecule has 0 aromatic heterocycles. The first-order valence-corrected chi connectivity index (χ1v) is 11.8. The van der Waals surface area contributed by atoms with E-state index in [4.69, 9.17) is 4.74 Å². The summed E-state index contributed by atoms with van der Waals surface area (Å²) in [5.74, 6) is 1.19. The molecular formula is C26H26N2O3S. The van der Waals surface area contributed by atoms with E-state index in [1.807, 2.05) is 72.5 Å². The zero-order chi connectivity index (χ0) is 22.3. The summed E-state index contributed by atoms with van der Waals surface area (Å²) in [6, 6.07) is 25.1. The molecule has 0 saturated carbocycles. The molecule has 4 rings (SSSR count). The van der Waals surface area contributed by atoms with Gasteiger partial charge in [-0.05, 0) is 48.7 Å². The zero-order valence-electron chi connectivity index (χ0n) is 18.0. The van der Waals surface area contributed by atoms with Gasteiger partial charge in [0.25, 0.3) is 5.91 Å². The molecule has 1 heterocycles. The fraction of sp³-hybridized carbons (Fsp3) is 0.231. The highest BCUT2D eigenvalue weighted by Crippen LogP contribution is 2.38. The van der Waals surface area contributed by atoms with Crippen molar-refractivity contribution in [2.75, 3.05) is 24.2 Å². The van der Waals surface area contributed by atoms with Crippen LogP contribution in [0.5, 0.6) is 5.75 Å². The second kappa shape index (κ2) is 10.4. The number of benzene rings is 3. The van der Waals surface area contributed by atoms with Gasteiger partial charge in [-0.2, -0.15) is 0 Å². The third-order valence-electron chi connectivity index (χ3n) is 5.31. The lowest BCUT2D eigenvalue weighted by molar-refractivity contribution is -0.128. The number of anilines is 1. The molecule has 1 aliphatic heterocycles. The van der Waals surface area contributed by atoms with Crippen molar-refractivity contribution in [1.29, 1.82) is 0 Å². The second-order valence-electron chi connectivity index (χ2n) is 7.52. The van der Waals surface area contributed by atoms with Crippen LogP contribution in [0.3, 0.4) is 0 Å². The van der Waals surface area contributed by atoms with Crippen molar-refractivity contribution >= 4 is 29.3 Å². The van der Waals surface area contributed by atoms with Crippen LogP contribution in [0.2, 0.25) is 0 Å². The minimum Gasteiger partial charge on any atom is -0.494 e. The van der Waals surface area contributed by atoms with Crippen LogP contribution in [-0.2, 0) is 11.2 Å². The first-order valence-electron chi connectivity index (χ1n) is 10.7. The van der Waals surface area contributed by atoms with Crippen LogP contribution in [0.25, 0.3) is 0 Å². The minimum absolute atomic E-state index is 0.0220. The molecule has 1 aliphatic rings. The van der Waals surface area contributed by atoms with Crippen molar-refractivity contribution in [3.8, 4) is 5.75 Å². The Morgan fingerprint density at radius 1 is 1.06 bits per heavy atom. The molecule has 0 aliphatic carbocycles. The van der Waals surface area contributed by atoms with E-state index >= 15 is 0 Å². The maximum absolute atomic E-state index is 12.7. The van der Waals surface area contributed by atoms with Gasteiger partial charge < -0.3 is 15.0 Å². The molecule has 3 aromatic carbocycles. The van der Waals surface area contributed by atoms with Crippen LogP contribution in [-0.4, -0.2) is 35.6 Å². The van der Waals surface area contributed by atoms with Crippen LogP contribution in [0.15, 0.2) is 78.9 Å². The molecule has 32 heavy (non-hydrogen) atoms. The normalized spacial score (nSPS) is 15.6. The van der Waals surface area contributed by atoms with Gasteiger partial charge in [-0.3, -0.25) is 9.59 Å². The van der Waals surface area contributed by atoms with Gasteiger partial charge >= 0.3 is 0 Å². The highest BCUT2D eigenvalue weighted by Gasteiger charge is 2.32. The van der Waals surface area contributed by atoms with Crippen molar-refractivity contribution < 1.29 is 14.3 Å².